The van der Waals surface area contributed by atoms with Crippen molar-refractivity contribution in [2.24, 2.45) is 0 Å². The molecule has 0 saturated heterocycles. The maximum Gasteiger partial charge on any atom is 0.338 e. The third kappa shape index (κ3) is 5.30. The minimum absolute atomic E-state index is 0.368. The number of nitrogens with zero attached hydrogens (tertiary/aromatic N) is 2. The van der Waals surface area contributed by atoms with E-state index in [1.54, 1.807) is 36.1 Å². The summed E-state index contributed by atoms with van der Waals surface area (Å²) in [5.74, 6) is -0.504. The van der Waals surface area contributed by atoms with E-state index in [0.717, 1.165) is 22.5 Å². The van der Waals surface area contributed by atoms with Crippen molar-refractivity contribution in [3.63, 3.8) is 0 Å². The van der Waals surface area contributed by atoms with Crippen molar-refractivity contribution in [3.8, 4) is 5.69 Å². The summed E-state index contributed by atoms with van der Waals surface area (Å²) in [4.78, 5) is 24.5. The van der Waals surface area contributed by atoms with Crippen LogP contribution in [0.15, 0.2) is 54.6 Å². The fraction of sp³-hybridized carbons (Fsp3) is 0.227. The molecule has 7 heteroatoms. The molecule has 0 atom stereocenters. The molecule has 0 unspecified atom stereocenters. The van der Waals surface area contributed by atoms with E-state index in [0.29, 0.717) is 18.0 Å². The van der Waals surface area contributed by atoms with Gasteiger partial charge in [0.05, 0.1) is 23.6 Å². The summed E-state index contributed by atoms with van der Waals surface area (Å²) in [5.41, 5.74) is 3.93. The second-order valence-corrected chi connectivity index (χ2v) is 6.68. The molecule has 3 rings (SSSR count). The second kappa shape index (κ2) is 9.16. The van der Waals surface area contributed by atoms with Gasteiger partial charge in [-0.2, -0.15) is 5.10 Å². The fourth-order valence-corrected chi connectivity index (χ4v) is 2.82. The number of methoxy groups -OCH3 is 1. The number of amides is 1. The predicted molar refractivity (Wildman–Crippen MR) is 109 cm³/mol. The first-order chi connectivity index (χ1) is 14.0. The molecule has 0 aliphatic heterocycles. The Balaban J connectivity index is 1.63. The van der Waals surface area contributed by atoms with Gasteiger partial charge in [-0.25, -0.2) is 9.48 Å². The van der Waals surface area contributed by atoms with E-state index in [4.69, 9.17) is 9.47 Å². The number of carbonyl (C=O) groups is 2. The van der Waals surface area contributed by atoms with Gasteiger partial charge >= 0.3 is 5.97 Å². The van der Waals surface area contributed by atoms with Gasteiger partial charge in [0.15, 0.2) is 6.61 Å². The van der Waals surface area contributed by atoms with Gasteiger partial charge in [0.1, 0.15) is 5.82 Å². The molecule has 2 aromatic carbocycles. The molecule has 0 radical (unpaired) electrons. The van der Waals surface area contributed by atoms with Crippen LogP contribution in [0.25, 0.3) is 5.69 Å². The third-order valence-corrected chi connectivity index (χ3v) is 4.19. The SMILES string of the molecule is COCc1cccc(C(=O)OCC(=O)Nc2cc(C)nn2-c2ccc(C)cc2)c1. The minimum atomic E-state index is -0.568. The van der Waals surface area contributed by atoms with Gasteiger partial charge in [-0.15, -0.1) is 0 Å². The number of hydrogen-bond acceptors (Lipinski definition) is 5. The lowest BCUT2D eigenvalue weighted by molar-refractivity contribution is -0.119. The molecule has 29 heavy (non-hydrogen) atoms. The molecule has 1 N–H and O–H groups in total. The quantitative estimate of drug-likeness (QED) is 0.622. The number of anilines is 1. The van der Waals surface area contributed by atoms with E-state index in [1.807, 2.05) is 44.2 Å². The van der Waals surface area contributed by atoms with Gasteiger partial charge in [0, 0.05) is 13.2 Å². The van der Waals surface area contributed by atoms with E-state index < -0.39 is 18.5 Å². The number of rotatable bonds is 7. The highest BCUT2D eigenvalue weighted by molar-refractivity contribution is 5.95. The zero-order valence-corrected chi connectivity index (χ0v) is 16.6. The number of aromatic nitrogens is 2. The van der Waals surface area contributed by atoms with Gasteiger partial charge in [0.25, 0.3) is 5.91 Å². The summed E-state index contributed by atoms with van der Waals surface area (Å²) in [7, 11) is 1.58. The van der Waals surface area contributed by atoms with Crippen LogP contribution in [0.4, 0.5) is 5.82 Å². The minimum Gasteiger partial charge on any atom is -0.452 e. The number of esters is 1. The zero-order valence-electron chi connectivity index (χ0n) is 16.6. The fourth-order valence-electron chi connectivity index (χ4n) is 2.82. The molecule has 0 aliphatic rings. The molecule has 0 bridgehead atoms. The van der Waals surface area contributed by atoms with E-state index >= 15 is 0 Å². The second-order valence-electron chi connectivity index (χ2n) is 6.68. The maximum atomic E-state index is 12.3. The van der Waals surface area contributed by atoms with Gasteiger partial charge < -0.3 is 14.8 Å². The molecule has 0 fully saturated rings. The first kappa shape index (κ1) is 20.3. The van der Waals surface area contributed by atoms with E-state index in [9.17, 15) is 9.59 Å². The Morgan fingerprint density at radius 1 is 1.07 bits per heavy atom. The van der Waals surface area contributed by atoms with Crippen molar-refractivity contribution in [1.82, 2.24) is 9.78 Å². The van der Waals surface area contributed by atoms with Crippen LogP contribution in [-0.4, -0.2) is 35.4 Å². The summed E-state index contributed by atoms with van der Waals surface area (Å²) in [5, 5.41) is 7.16. The Kier molecular flexibility index (Phi) is 6.41. The average Bonchev–Trinajstić information content (AvgIpc) is 3.07. The Morgan fingerprint density at radius 3 is 2.55 bits per heavy atom. The summed E-state index contributed by atoms with van der Waals surface area (Å²) in [6.07, 6.45) is 0. The molecule has 150 valence electrons. The van der Waals surface area contributed by atoms with E-state index in [-0.39, 0.29) is 0 Å². The summed E-state index contributed by atoms with van der Waals surface area (Å²) in [6, 6.07) is 16.4. The molecular weight excluding hydrogens is 370 g/mol. The normalized spacial score (nSPS) is 10.6. The largest absolute Gasteiger partial charge is 0.452 e. The smallest absolute Gasteiger partial charge is 0.338 e. The van der Waals surface area contributed by atoms with E-state index in [2.05, 4.69) is 10.4 Å². The maximum absolute atomic E-state index is 12.3. The zero-order chi connectivity index (χ0) is 20.8. The summed E-state index contributed by atoms with van der Waals surface area (Å²) in [6.45, 7) is 3.84. The molecule has 0 spiro atoms. The first-order valence-electron chi connectivity index (χ1n) is 9.15. The topological polar surface area (TPSA) is 82.4 Å². The van der Waals surface area contributed by atoms with Gasteiger partial charge in [-0.05, 0) is 43.7 Å². The molecule has 1 amide bonds. The Bertz CT molecular complexity index is 1010. The summed E-state index contributed by atoms with van der Waals surface area (Å²) >= 11 is 0. The third-order valence-electron chi connectivity index (χ3n) is 4.19. The molecule has 3 aromatic rings. The molecule has 0 aliphatic carbocycles. The standard InChI is InChI=1S/C22H23N3O4/c1-15-7-9-19(10-8-15)25-20(11-16(2)24-25)23-21(26)14-29-22(27)18-6-4-5-17(12-18)13-28-3/h4-12H,13-14H2,1-3H3,(H,23,26). The number of hydrogen-bond donors (Lipinski definition) is 1. The lowest BCUT2D eigenvalue weighted by Crippen LogP contribution is -2.22. The van der Waals surface area contributed by atoms with Crippen LogP contribution in [0.1, 0.15) is 27.2 Å². The van der Waals surface area contributed by atoms with Crippen LogP contribution in [0.5, 0.6) is 0 Å². The number of aryl methyl sites for hydroxylation is 2. The highest BCUT2D eigenvalue weighted by Gasteiger charge is 2.14. The Hall–Kier alpha value is -3.45. The van der Waals surface area contributed by atoms with Crippen LogP contribution in [0.3, 0.4) is 0 Å². The number of ether oxygens (including phenoxy) is 2. The first-order valence-corrected chi connectivity index (χ1v) is 9.15. The van der Waals surface area contributed by atoms with Crippen LogP contribution < -0.4 is 5.32 Å². The number of carbonyl (C=O) groups excluding carboxylic acids is 2. The predicted octanol–water partition coefficient (Wildman–Crippen LogP) is 3.43. The average molecular weight is 393 g/mol. The van der Waals surface area contributed by atoms with Crippen LogP contribution in [0.2, 0.25) is 0 Å². The molecule has 1 heterocycles. The van der Waals surface area contributed by atoms with Crippen LogP contribution in [0, 0.1) is 13.8 Å². The van der Waals surface area contributed by atoms with Gasteiger partial charge in [-0.3, -0.25) is 4.79 Å². The van der Waals surface area contributed by atoms with Crippen molar-refractivity contribution >= 4 is 17.7 Å². The highest BCUT2D eigenvalue weighted by atomic mass is 16.5. The van der Waals surface area contributed by atoms with Crippen molar-refractivity contribution in [2.45, 2.75) is 20.5 Å². The number of nitrogens with one attached hydrogen (secondary N) is 1. The monoisotopic (exact) mass is 393 g/mol. The molecule has 0 saturated carbocycles. The Labute approximate surface area is 169 Å². The molecule has 7 nitrogen and oxygen atoms in total. The number of benzene rings is 2. The lowest BCUT2D eigenvalue weighted by atomic mass is 10.1. The van der Waals surface area contributed by atoms with Crippen molar-refractivity contribution < 1.29 is 19.1 Å². The Morgan fingerprint density at radius 2 is 1.83 bits per heavy atom. The highest BCUT2D eigenvalue weighted by Crippen LogP contribution is 2.17. The summed E-state index contributed by atoms with van der Waals surface area (Å²) < 4.78 is 11.8. The lowest BCUT2D eigenvalue weighted by Gasteiger charge is -2.10. The van der Waals surface area contributed by atoms with Crippen molar-refractivity contribution in [2.75, 3.05) is 19.0 Å². The molecular formula is C22H23N3O4. The van der Waals surface area contributed by atoms with Crippen LogP contribution >= 0.6 is 0 Å². The van der Waals surface area contributed by atoms with Gasteiger partial charge in [-0.1, -0.05) is 29.8 Å². The van der Waals surface area contributed by atoms with Gasteiger partial charge in [0.2, 0.25) is 0 Å². The van der Waals surface area contributed by atoms with Crippen LogP contribution in [-0.2, 0) is 20.9 Å². The van der Waals surface area contributed by atoms with Crippen molar-refractivity contribution in [1.29, 1.82) is 0 Å². The van der Waals surface area contributed by atoms with Crippen molar-refractivity contribution in [3.05, 3.63) is 77.0 Å². The van der Waals surface area contributed by atoms with E-state index in [1.165, 1.54) is 0 Å². The molecule has 1 aromatic heterocycles.